The number of amides is 2. The number of rotatable bonds is 2. The van der Waals surface area contributed by atoms with Gasteiger partial charge in [0.15, 0.2) is 5.13 Å². The Morgan fingerprint density at radius 1 is 1.14 bits per heavy atom. The van der Waals surface area contributed by atoms with E-state index in [1.54, 1.807) is 24.3 Å². The number of carbonyl (C=O) groups excluding carboxylic acids is 2. The Labute approximate surface area is 125 Å². The molecule has 0 aliphatic heterocycles. The third-order valence-electron chi connectivity index (χ3n) is 2.73. The van der Waals surface area contributed by atoms with E-state index in [-0.39, 0.29) is 0 Å². The van der Waals surface area contributed by atoms with Crippen LogP contribution in [0.1, 0.15) is 16.1 Å². The van der Waals surface area contributed by atoms with E-state index in [0.717, 1.165) is 10.6 Å². The van der Waals surface area contributed by atoms with Crippen molar-refractivity contribution >= 4 is 34.0 Å². The summed E-state index contributed by atoms with van der Waals surface area (Å²) in [4.78, 5) is 28.6. The van der Waals surface area contributed by atoms with Gasteiger partial charge in [-0.25, -0.2) is 4.98 Å². The quantitative estimate of drug-likeness (QED) is 0.831. The van der Waals surface area contributed by atoms with Gasteiger partial charge in [0, 0.05) is 10.6 Å². The normalized spacial score (nSPS) is 9.76. The van der Waals surface area contributed by atoms with Crippen LogP contribution in [0.3, 0.4) is 0 Å². The van der Waals surface area contributed by atoms with Gasteiger partial charge in [0.05, 0.1) is 17.3 Å². The Kier molecular flexibility index (Phi) is 4.30. The molecule has 2 rings (SSSR count). The van der Waals surface area contributed by atoms with E-state index in [2.05, 4.69) is 15.6 Å². The lowest BCUT2D eigenvalue weighted by Gasteiger charge is -2.04. The molecule has 0 bridgehead atoms. The van der Waals surface area contributed by atoms with Crippen molar-refractivity contribution in [3.8, 4) is 6.07 Å². The molecule has 0 aliphatic carbocycles. The number of nitrogens with zero attached hydrogens (tertiary/aromatic N) is 2. The molecule has 0 spiro atoms. The number of carbonyl (C=O) groups is 2. The number of nitriles is 1. The minimum atomic E-state index is -0.787. The molecule has 1 heterocycles. The molecule has 0 aliphatic rings. The van der Waals surface area contributed by atoms with Gasteiger partial charge in [0.1, 0.15) is 0 Å². The first-order valence-corrected chi connectivity index (χ1v) is 6.88. The molecule has 6 nitrogen and oxygen atoms in total. The van der Waals surface area contributed by atoms with E-state index in [1.807, 2.05) is 19.9 Å². The molecule has 2 aromatic rings. The van der Waals surface area contributed by atoms with Crippen molar-refractivity contribution in [2.24, 2.45) is 0 Å². The molecule has 0 atom stereocenters. The highest BCUT2D eigenvalue weighted by Gasteiger charge is 2.16. The monoisotopic (exact) mass is 300 g/mol. The average Bonchev–Trinajstić information content (AvgIpc) is 2.78. The lowest BCUT2D eigenvalue weighted by molar-refractivity contribution is -0.132. The van der Waals surface area contributed by atoms with Gasteiger partial charge in [0.2, 0.25) is 0 Å². The van der Waals surface area contributed by atoms with Crippen LogP contribution in [-0.2, 0) is 9.59 Å². The van der Waals surface area contributed by atoms with Crippen LogP contribution in [-0.4, -0.2) is 16.8 Å². The third-order valence-corrected chi connectivity index (χ3v) is 3.72. The molecule has 1 aromatic heterocycles. The van der Waals surface area contributed by atoms with Crippen molar-refractivity contribution in [3.63, 3.8) is 0 Å². The number of benzene rings is 1. The van der Waals surface area contributed by atoms with Gasteiger partial charge in [-0.1, -0.05) is 0 Å². The van der Waals surface area contributed by atoms with Gasteiger partial charge in [0.25, 0.3) is 0 Å². The smallest absolute Gasteiger partial charge is 0.315 e. The second kappa shape index (κ2) is 6.15. The molecule has 2 amide bonds. The van der Waals surface area contributed by atoms with Crippen LogP contribution in [0, 0.1) is 25.2 Å². The molecule has 106 valence electrons. The molecule has 0 saturated carbocycles. The van der Waals surface area contributed by atoms with E-state index in [4.69, 9.17) is 5.26 Å². The first kappa shape index (κ1) is 14.7. The summed E-state index contributed by atoms with van der Waals surface area (Å²) in [5.41, 5.74) is 1.75. The number of anilines is 2. The summed E-state index contributed by atoms with van der Waals surface area (Å²) in [5, 5.41) is 14.0. The highest BCUT2D eigenvalue weighted by molar-refractivity contribution is 7.15. The van der Waals surface area contributed by atoms with Crippen molar-refractivity contribution in [2.45, 2.75) is 13.8 Å². The molecule has 0 radical (unpaired) electrons. The number of hydrogen-bond acceptors (Lipinski definition) is 5. The Morgan fingerprint density at radius 2 is 1.76 bits per heavy atom. The van der Waals surface area contributed by atoms with Crippen LogP contribution >= 0.6 is 11.3 Å². The fraction of sp³-hybridized carbons (Fsp3) is 0.143. The highest BCUT2D eigenvalue weighted by atomic mass is 32.1. The zero-order valence-electron chi connectivity index (χ0n) is 11.4. The molecule has 7 heteroatoms. The summed E-state index contributed by atoms with van der Waals surface area (Å²) in [5.74, 6) is -1.57. The fourth-order valence-electron chi connectivity index (χ4n) is 1.50. The van der Waals surface area contributed by atoms with E-state index in [1.165, 1.54) is 11.3 Å². The summed E-state index contributed by atoms with van der Waals surface area (Å²) in [6.07, 6.45) is 0. The van der Waals surface area contributed by atoms with E-state index >= 15 is 0 Å². The standard InChI is InChI=1S/C14H12N4O2S/c1-8-9(2)21-14(16-8)18-13(20)12(19)17-11-5-3-10(7-15)4-6-11/h3-6H,1-2H3,(H,17,19)(H,16,18,20). The van der Waals surface area contributed by atoms with Crippen LogP contribution in [0.5, 0.6) is 0 Å². The molecular formula is C14H12N4O2S. The van der Waals surface area contributed by atoms with Crippen LogP contribution < -0.4 is 10.6 Å². The lowest BCUT2D eigenvalue weighted by atomic mass is 10.2. The summed E-state index contributed by atoms with van der Waals surface area (Å²) in [7, 11) is 0. The number of nitrogens with one attached hydrogen (secondary N) is 2. The van der Waals surface area contributed by atoms with Gasteiger partial charge < -0.3 is 5.32 Å². The Hall–Kier alpha value is -2.72. The van der Waals surface area contributed by atoms with Gasteiger partial charge >= 0.3 is 11.8 Å². The SMILES string of the molecule is Cc1nc(NC(=O)C(=O)Nc2ccc(C#N)cc2)sc1C. The lowest BCUT2D eigenvalue weighted by Crippen LogP contribution is -2.29. The summed E-state index contributed by atoms with van der Waals surface area (Å²) < 4.78 is 0. The molecule has 21 heavy (non-hydrogen) atoms. The molecule has 2 N–H and O–H groups in total. The van der Waals surface area contributed by atoms with Crippen LogP contribution in [0.15, 0.2) is 24.3 Å². The average molecular weight is 300 g/mol. The van der Waals surface area contributed by atoms with Crippen molar-refractivity contribution in [1.29, 1.82) is 5.26 Å². The first-order chi connectivity index (χ1) is 9.99. The molecule has 1 aromatic carbocycles. The third kappa shape index (κ3) is 3.64. The second-order valence-electron chi connectivity index (χ2n) is 4.26. The maximum atomic E-state index is 11.8. The first-order valence-electron chi connectivity index (χ1n) is 6.06. The maximum Gasteiger partial charge on any atom is 0.315 e. The Morgan fingerprint density at radius 3 is 2.29 bits per heavy atom. The van der Waals surface area contributed by atoms with E-state index < -0.39 is 11.8 Å². The fourth-order valence-corrected chi connectivity index (χ4v) is 2.31. The van der Waals surface area contributed by atoms with Crippen molar-refractivity contribution in [1.82, 2.24) is 4.98 Å². The summed E-state index contributed by atoms with van der Waals surface area (Å²) in [6, 6.07) is 8.20. The Balaban J connectivity index is 1.99. The van der Waals surface area contributed by atoms with E-state index in [9.17, 15) is 9.59 Å². The van der Waals surface area contributed by atoms with E-state index in [0.29, 0.717) is 16.4 Å². The summed E-state index contributed by atoms with van der Waals surface area (Å²) >= 11 is 1.31. The van der Waals surface area contributed by atoms with Crippen molar-refractivity contribution in [3.05, 3.63) is 40.4 Å². The maximum absolute atomic E-state index is 11.8. The minimum Gasteiger partial charge on any atom is -0.318 e. The Bertz CT molecular complexity index is 709. The molecule has 0 unspecified atom stereocenters. The number of hydrogen-bond donors (Lipinski definition) is 2. The van der Waals surface area contributed by atoms with Crippen LogP contribution in [0.2, 0.25) is 0 Å². The highest BCUT2D eigenvalue weighted by Crippen LogP contribution is 2.21. The van der Waals surface area contributed by atoms with Crippen LogP contribution in [0.25, 0.3) is 0 Å². The number of aromatic nitrogens is 1. The number of aryl methyl sites for hydroxylation is 2. The number of thiazole rings is 1. The molecule has 0 saturated heterocycles. The topological polar surface area (TPSA) is 94.9 Å². The van der Waals surface area contributed by atoms with Gasteiger partial charge in [-0.05, 0) is 38.1 Å². The molecule has 0 fully saturated rings. The van der Waals surface area contributed by atoms with Crippen molar-refractivity contribution < 1.29 is 9.59 Å². The van der Waals surface area contributed by atoms with Gasteiger partial charge in [-0.2, -0.15) is 5.26 Å². The minimum absolute atomic E-state index is 0.393. The predicted octanol–water partition coefficient (Wildman–Crippen LogP) is 2.21. The zero-order valence-corrected chi connectivity index (χ0v) is 12.2. The predicted molar refractivity (Wildman–Crippen MR) is 80.0 cm³/mol. The largest absolute Gasteiger partial charge is 0.318 e. The van der Waals surface area contributed by atoms with Crippen LogP contribution in [0.4, 0.5) is 10.8 Å². The summed E-state index contributed by atoms with van der Waals surface area (Å²) in [6.45, 7) is 3.72. The van der Waals surface area contributed by atoms with Gasteiger partial charge in [-0.3, -0.25) is 14.9 Å². The van der Waals surface area contributed by atoms with Gasteiger partial charge in [-0.15, -0.1) is 11.3 Å². The van der Waals surface area contributed by atoms with Crippen molar-refractivity contribution in [2.75, 3.05) is 10.6 Å². The molecular weight excluding hydrogens is 288 g/mol. The second-order valence-corrected chi connectivity index (χ2v) is 5.46. The zero-order chi connectivity index (χ0) is 15.4.